The molecule has 1 rings (SSSR count). The van der Waals surface area contributed by atoms with Crippen molar-refractivity contribution in [3.63, 3.8) is 0 Å². The molecular weight excluding hydrogens is 212 g/mol. The summed E-state index contributed by atoms with van der Waals surface area (Å²) < 4.78 is 5.07. The van der Waals surface area contributed by atoms with Gasteiger partial charge >= 0.3 is 0 Å². The van der Waals surface area contributed by atoms with E-state index in [1.807, 2.05) is 13.0 Å². The van der Waals surface area contributed by atoms with Gasteiger partial charge in [-0.25, -0.2) is 9.97 Å². The quantitative estimate of drug-likeness (QED) is 0.744. The Morgan fingerprint density at radius 2 is 1.93 bits per heavy atom. The molecule has 1 aromatic rings. The van der Waals surface area contributed by atoms with Gasteiger partial charge in [-0.1, -0.05) is 13.8 Å². The second-order valence-electron chi connectivity index (χ2n) is 3.93. The molecule has 0 saturated carbocycles. The summed E-state index contributed by atoms with van der Waals surface area (Å²) in [6.45, 7) is 6.26. The molecule has 0 fully saturated rings. The van der Waals surface area contributed by atoms with E-state index in [1.165, 1.54) is 6.33 Å². The van der Waals surface area contributed by atoms with E-state index in [-0.39, 0.29) is 11.3 Å². The van der Waals surface area contributed by atoms with Gasteiger partial charge < -0.3 is 4.74 Å². The van der Waals surface area contributed by atoms with Gasteiger partial charge in [0.2, 0.25) is 5.88 Å². The molecule has 3 nitrogen and oxygen atoms in total. The molecular formula is C11H17ClN2O. The van der Waals surface area contributed by atoms with Crippen molar-refractivity contribution >= 4 is 11.6 Å². The average Bonchev–Trinajstić information content (AvgIpc) is 2.17. The molecule has 84 valence electrons. The summed E-state index contributed by atoms with van der Waals surface area (Å²) in [5.41, 5.74) is 0.944. The van der Waals surface area contributed by atoms with Crippen molar-refractivity contribution in [2.24, 2.45) is 5.92 Å². The molecule has 2 atom stereocenters. The predicted molar refractivity (Wildman–Crippen MR) is 61.5 cm³/mol. The van der Waals surface area contributed by atoms with E-state index < -0.39 is 0 Å². The third kappa shape index (κ3) is 3.06. The normalized spacial score (nSPS) is 15.1. The molecule has 0 aliphatic rings. The van der Waals surface area contributed by atoms with Crippen LogP contribution < -0.4 is 4.74 Å². The fourth-order valence-corrected chi connectivity index (χ4v) is 2.17. The molecule has 0 spiro atoms. The summed E-state index contributed by atoms with van der Waals surface area (Å²) in [6.07, 6.45) is 1.52. The molecule has 4 heteroatoms. The highest BCUT2D eigenvalue weighted by Gasteiger charge is 2.23. The zero-order valence-electron chi connectivity index (χ0n) is 9.57. The van der Waals surface area contributed by atoms with Gasteiger partial charge in [0.15, 0.2) is 0 Å². The molecule has 15 heavy (non-hydrogen) atoms. The van der Waals surface area contributed by atoms with Gasteiger partial charge in [-0.2, -0.15) is 0 Å². The number of alkyl halides is 1. The van der Waals surface area contributed by atoms with Crippen molar-refractivity contribution in [3.05, 3.63) is 18.1 Å². The number of rotatable bonds is 4. The highest BCUT2D eigenvalue weighted by Crippen LogP contribution is 2.30. The molecule has 1 heterocycles. The minimum Gasteiger partial charge on any atom is -0.481 e. The second kappa shape index (κ2) is 5.31. The predicted octanol–water partition coefficient (Wildman–Crippen LogP) is 2.85. The van der Waals surface area contributed by atoms with Crippen LogP contribution in [0.3, 0.4) is 0 Å². The lowest BCUT2D eigenvalue weighted by Crippen LogP contribution is -2.17. The number of nitrogens with zero attached hydrogens (tertiary/aromatic N) is 2. The molecule has 1 aromatic heterocycles. The van der Waals surface area contributed by atoms with Gasteiger partial charge in [-0.3, -0.25) is 0 Å². The van der Waals surface area contributed by atoms with Crippen molar-refractivity contribution in [1.82, 2.24) is 9.97 Å². The van der Waals surface area contributed by atoms with Crippen LogP contribution in [-0.4, -0.2) is 22.5 Å². The minimum absolute atomic E-state index is 0.0459. The van der Waals surface area contributed by atoms with E-state index in [0.717, 1.165) is 5.69 Å². The molecule has 2 unspecified atom stereocenters. The van der Waals surface area contributed by atoms with Crippen LogP contribution in [0.1, 0.15) is 32.4 Å². The van der Waals surface area contributed by atoms with Gasteiger partial charge in [0.05, 0.1) is 12.8 Å². The summed E-state index contributed by atoms with van der Waals surface area (Å²) in [6, 6.07) is 1.85. The Morgan fingerprint density at radius 1 is 1.27 bits per heavy atom. The largest absolute Gasteiger partial charge is 0.481 e. The Morgan fingerprint density at radius 3 is 2.40 bits per heavy atom. The molecule has 0 aliphatic heterocycles. The molecule has 0 N–H and O–H groups in total. The second-order valence-corrected chi connectivity index (χ2v) is 4.62. The van der Waals surface area contributed by atoms with Crippen molar-refractivity contribution in [1.29, 1.82) is 0 Å². The summed E-state index contributed by atoms with van der Waals surface area (Å²) in [7, 11) is 1.60. The van der Waals surface area contributed by atoms with Crippen LogP contribution in [0.15, 0.2) is 12.4 Å². The monoisotopic (exact) mass is 228 g/mol. The van der Waals surface area contributed by atoms with Crippen molar-refractivity contribution in [3.8, 4) is 5.88 Å². The first-order chi connectivity index (χ1) is 7.06. The van der Waals surface area contributed by atoms with Crippen LogP contribution >= 0.6 is 11.6 Å². The topological polar surface area (TPSA) is 35.0 Å². The molecule has 0 saturated heterocycles. The third-order valence-electron chi connectivity index (χ3n) is 2.43. The fourth-order valence-electron chi connectivity index (χ4n) is 1.75. The van der Waals surface area contributed by atoms with Gasteiger partial charge in [0.1, 0.15) is 6.33 Å². The highest BCUT2D eigenvalue weighted by atomic mass is 35.5. The van der Waals surface area contributed by atoms with E-state index in [4.69, 9.17) is 16.3 Å². The first-order valence-corrected chi connectivity index (χ1v) is 5.50. The van der Waals surface area contributed by atoms with Crippen LogP contribution in [0.2, 0.25) is 0 Å². The van der Waals surface area contributed by atoms with E-state index in [1.54, 1.807) is 7.11 Å². The van der Waals surface area contributed by atoms with Crippen LogP contribution in [0.5, 0.6) is 5.88 Å². The van der Waals surface area contributed by atoms with Crippen LogP contribution in [0.25, 0.3) is 0 Å². The van der Waals surface area contributed by atoms with Crippen molar-refractivity contribution in [2.75, 3.05) is 7.11 Å². The molecule has 0 aromatic carbocycles. The Labute approximate surface area is 95.8 Å². The molecule has 0 radical (unpaired) electrons. The van der Waals surface area contributed by atoms with Crippen LogP contribution in [-0.2, 0) is 0 Å². The highest BCUT2D eigenvalue weighted by molar-refractivity contribution is 6.20. The number of ether oxygens (including phenoxy) is 1. The number of aromatic nitrogens is 2. The fraction of sp³-hybridized carbons (Fsp3) is 0.636. The molecule has 0 aliphatic carbocycles. The number of hydrogen-bond acceptors (Lipinski definition) is 3. The first-order valence-electron chi connectivity index (χ1n) is 5.06. The number of halogens is 1. The number of hydrogen-bond donors (Lipinski definition) is 0. The lowest BCUT2D eigenvalue weighted by Gasteiger charge is -2.22. The summed E-state index contributed by atoms with van der Waals surface area (Å²) in [5, 5.41) is 0.0459. The zero-order valence-corrected chi connectivity index (χ0v) is 10.3. The maximum absolute atomic E-state index is 6.17. The lowest BCUT2D eigenvalue weighted by atomic mass is 9.89. The maximum Gasteiger partial charge on any atom is 0.216 e. The standard InChI is InChI=1S/C11H17ClN2O/c1-7(2)11(8(3)12)9-5-10(15-4)14-6-13-9/h5-8,11H,1-4H3. The lowest BCUT2D eigenvalue weighted by molar-refractivity contribution is 0.392. The van der Waals surface area contributed by atoms with Gasteiger partial charge in [-0.05, 0) is 12.8 Å². The Hall–Kier alpha value is -0.830. The van der Waals surface area contributed by atoms with Crippen LogP contribution in [0.4, 0.5) is 0 Å². The van der Waals surface area contributed by atoms with E-state index >= 15 is 0 Å². The minimum atomic E-state index is 0.0459. The zero-order chi connectivity index (χ0) is 11.4. The maximum atomic E-state index is 6.17. The summed E-state index contributed by atoms with van der Waals surface area (Å²) >= 11 is 6.17. The van der Waals surface area contributed by atoms with E-state index in [2.05, 4.69) is 23.8 Å². The van der Waals surface area contributed by atoms with E-state index in [0.29, 0.717) is 11.8 Å². The van der Waals surface area contributed by atoms with Gasteiger partial charge in [0.25, 0.3) is 0 Å². The Bertz CT molecular complexity index is 307. The Kier molecular flexibility index (Phi) is 4.33. The van der Waals surface area contributed by atoms with E-state index in [9.17, 15) is 0 Å². The number of methoxy groups -OCH3 is 1. The van der Waals surface area contributed by atoms with Gasteiger partial charge in [0, 0.05) is 17.4 Å². The van der Waals surface area contributed by atoms with Crippen LogP contribution in [0, 0.1) is 5.92 Å². The smallest absolute Gasteiger partial charge is 0.216 e. The van der Waals surface area contributed by atoms with Crippen molar-refractivity contribution < 1.29 is 4.74 Å². The summed E-state index contributed by atoms with van der Waals surface area (Å²) in [4.78, 5) is 8.24. The average molecular weight is 229 g/mol. The van der Waals surface area contributed by atoms with Gasteiger partial charge in [-0.15, -0.1) is 11.6 Å². The molecule has 0 amide bonds. The third-order valence-corrected chi connectivity index (χ3v) is 2.70. The molecule has 0 bridgehead atoms. The SMILES string of the molecule is COc1cc(C(C(C)C)C(C)Cl)ncn1. The summed E-state index contributed by atoms with van der Waals surface area (Å²) in [5.74, 6) is 1.25. The van der Waals surface area contributed by atoms with Crippen molar-refractivity contribution in [2.45, 2.75) is 32.1 Å². The first kappa shape index (κ1) is 12.2. The Balaban J connectivity index is 3.00.